The fourth-order valence-corrected chi connectivity index (χ4v) is 9.60. The zero-order valence-corrected chi connectivity index (χ0v) is 36.1. The summed E-state index contributed by atoms with van der Waals surface area (Å²) in [6, 6.07) is 82.7. The average Bonchev–Trinajstić information content (AvgIpc) is 4.06. The van der Waals surface area contributed by atoms with Gasteiger partial charge in [0.1, 0.15) is 11.3 Å². The van der Waals surface area contributed by atoms with Crippen LogP contribution in [0.5, 0.6) is 0 Å². The zero-order valence-electron chi connectivity index (χ0n) is 36.1. The maximum Gasteiger partial charge on any atom is 0.165 e. The lowest BCUT2D eigenvalue weighted by molar-refractivity contribution is 1.07. The Labute approximate surface area is 386 Å². The number of benzene rings is 9. The van der Waals surface area contributed by atoms with Crippen molar-refractivity contribution in [2.45, 2.75) is 0 Å². The van der Waals surface area contributed by atoms with Crippen LogP contribution in [0.4, 0.5) is 0 Å². The number of rotatable bonds is 8. The summed E-state index contributed by atoms with van der Waals surface area (Å²) in [6.45, 7) is 0. The number of aromatic nitrogens is 7. The van der Waals surface area contributed by atoms with Gasteiger partial charge in [-0.25, -0.2) is 19.9 Å². The summed E-state index contributed by atoms with van der Waals surface area (Å²) in [4.78, 5) is 20.8. The van der Waals surface area contributed by atoms with Crippen LogP contribution in [0.25, 0.3) is 118 Å². The Morgan fingerprint density at radius 2 is 0.731 bits per heavy atom. The molecule has 0 unspecified atom stereocenters. The summed E-state index contributed by atoms with van der Waals surface area (Å²) in [5, 5.41) is 3.44. The molecule has 4 aromatic heterocycles. The molecule has 0 atom stereocenters. The molecule has 9 aromatic carbocycles. The Bertz CT molecular complexity index is 3870. The van der Waals surface area contributed by atoms with Crippen molar-refractivity contribution < 1.29 is 0 Å². The molecule has 4 heterocycles. The molecule has 7 nitrogen and oxygen atoms in total. The molecule has 7 heteroatoms. The van der Waals surface area contributed by atoms with Crippen molar-refractivity contribution in [2.24, 2.45) is 0 Å². The maximum absolute atomic E-state index is 5.62. The predicted octanol–water partition coefficient (Wildman–Crippen LogP) is 14.6. The molecule has 0 spiro atoms. The first-order valence-electron chi connectivity index (χ1n) is 22.5. The van der Waals surface area contributed by atoms with Gasteiger partial charge < -0.3 is 4.57 Å². The summed E-state index contributed by atoms with van der Waals surface area (Å²) in [6.07, 6.45) is 0. The topological polar surface area (TPSA) is 66.3 Å². The molecule has 0 fully saturated rings. The largest absolute Gasteiger partial charge is 0.309 e. The smallest absolute Gasteiger partial charge is 0.165 e. The third-order valence-electron chi connectivity index (χ3n) is 12.7. The van der Waals surface area contributed by atoms with Gasteiger partial charge in [0.15, 0.2) is 23.1 Å². The van der Waals surface area contributed by atoms with Gasteiger partial charge >= 0.3 is 0 Å². The first-order valence-corrected chi connectivity index (χ1v) is 22.5. The Hall–Kier alpha value is -9.20. The van der Waals surface area contributed by atoms with Crippen LogP contribution in [0.3, 0.4) is 0 Å². The van der Waals surface area contributed by atoms with Gasteiger partial charge in [-0.3, -0.25) is 9.13 Å². The molecular weight excluding hydrogens is 819 g/mol. The molecule has 67 heavy (non-hydrogen) atoms. The van der Waals surface area contributed by atoms with Crippen LogP contribution >= 0.6 is 0 Å². The Kier molecular flexibility index (Phi) is 9.03. The molecule has 13 rings (SSSR count). The van der Waals surface area contributed by atoms with Crippen molar-refractivity contribution in [1.29, 1.82) is 0 Å². The van der Waals surface area contributed by atoms with Gasteiger partial charge in [-0.2, -0.15) is 0 Å². The number of para-hydroxylation sites is 2. The second-order valence-corrected chi connectivity index (χ2v) is 16.7. The summed E-state index contributed by atoms with van der Waals surface area (Å²) in [5.74, 6) is 2.68. The maximum atomic E-state index is 5.62. The lowest BCUT2D eigenvalue weighted by Crippen LogP contribution is -2.01. The third-order valence-corrected chi connectivity index (χ3v) is 12.7. The normalized spacial score (nSPS) is 11.6. The quantitative estimate of drug-likeness (QED) is 0.153. The minimum absolute atomic E-state index is 0.587. The van der Waals surface area contributed by atoms with E-state index in [4.69, 9.17) is 19.9 Å². The summed E-state index contributed by atoms with van der Waals surface area (Å²) >= 11 is 0. The van der Waals surface area contributed by atoms with Gasteiger partial charge in [0, 0.05) is 55.5 Å². The molecule has 0 N–H and O–H groups in total. The highest BCUT2D eigenvalue weighted by Crippen LogP contribution is 2.42. The first-order chi connectivity index (χ1) is 33.2. The number of hydrogen-bond acceptors (Lipinski definition) is 4. The monoisotopic (exact) mass is 857 g/mol. The van der Waals surface area contributed by atoms with Gasteiger partial charge in [0.05, 0.1) is 16.6 Å². The lowest BCUT2D eigenvalue weighted by atomic mass is 10.1. The number of hydrogen-bond donors (Lipinski definition) is 0. The van der Waals surface area contributed by atoms with Crippen LogP contribution in [-0.2, 0) is 0 Å². The lowest BCUT2D eigenvalue weighted by Gasteiger charge is -2.12. The molecule has 0 radical (unpaired) electrons. The second-order valence-electron chi connectivity index (χ2n) is 16.7. The van der Waals surface area contributed by atoms with Crippen LogP contribution in [0.2, 0.25) is 0 Å². The van der Waals surface area contributed by atoms with E-state index in [9.17, 15) is 0 Å². The number of fused-ring (bicyclic) bond motifs is 6. The van der Waals surface area contributed by atoms with E-state index < -0.39 is 0 Å². The van der Waals surface area contributed by atoms with Crippen molar-refractivity contribution in [2.75, 3.05) is 0 Å². The molecule has 0 amide bonds. The Balaban J connectivity index is 1.10. The predicted molar refractivity (Wildman–Crippen MR) is 273 cm³/mol. The Morgan fingerprint density at radius 1 is 0.254 bits per heavy atom. The van der Waals surface area contributed by atoms with Gasteiger partial charge in [-0.05, 0) is 65.7 Å². The van der Waals surface area contributed by atoms with E-state index in [1.54, 1.807) is 0 Å². The van der Waals surface area contributed by atoms with E-state index in [1.165, 1.54) is 16.5 Å². The van der Waals surface area contributed by atoms with E-state index in [0.717, 1.165) is 83.6 Å². The van der Waals surface area contributed by atoms with Crippen LogP contribution in [-0.4, -0.2) is 33.6 Å². The minimum Gasteiger partial charge on any atom is -0.309 e. The zero-order chi connectivity index (χ0) is 44.3. The third kappa shape index (κ3) is 6.52. The highest BCUT2D eigenvalue weighted by Gasteiger charge is 2.26. The molecule has 0 aliphatic heterocycles. The van der Waals surface area contributed by atoms with E-state index in [1.807, 2.05) is 60.7 Å². The molecular formula is C60H39N7. The van der Waals surface area contributed by atoms with Crippen molar-refractivity contribution >= 4 is 43.9 Å². The van der Waals surface area contributed by atoms with Crippen LogP contribution in [0, 0.1) is 0 Å². The van der Waals surface area contributed by atoms with Crippen LogP contribution in [0.1, 0.15) is 0 Å². The van der Waals surface area contributed by atoms with Gasteiger partial charge in [0.25, 0.3) is 0 Å². The van der Waals surface area contributed by atoms with Crippen LogP contribution in [0.15, 0.2) is 237 Å². The van der Waals surface area contributed by atoms with Crippen molar-refractivity contribution in [3.8, 4) is 73.7 Å². The highest BCUT2D eigenvalue weighted by atomic mass is 15.2. The fraction of sp³-hybridized carbons (Fsp3) is 0. The average molecular weight is 858 g/mol. The van der Waals surface area contributed by atoms with E-state index in [2.05, 4.69) is 190 Å². The highest BCUT2D eigenvalue weighted by molar-refractivity contribution is 6.18. The molecule has 0 saturated heterocycles. The van der Waals surface area contributed by atoms with Gasteiger partial charge in [0.2, 0.25) is 0 Å². The van der Waals surface area contributed by atoms with E-state index in [0.29, 0.717) is 17.5 Å². The number of imidazole rings is 1. The summed E-state index contributed by atoms with van der Waals surface area (Å²) in [5.41, 5.74) is 14.3. The summed E-state index contributed by atoms with van der Waals surface area (Å²) < 4.78 is 7.04. The van der Waals surface area contributed by atoms with E-state index in [-0.39, 0.29) is 0 Å². The number of nitrogens with zero attached hydrogens (tertiary/aromatic N) is 7. The Morgan fingerprint density at radius 3 is 1.37 bits per heavy atom. The van der Waals surface area contributed by atoms with E-state index >= 15 is 0 Å². The molecule has 0 aliphatic carbocycles. The molecule has 0 bridgehead atoms. The van der Waals surface area contributed by atoms with Crippen molar-refractivity contribution in [3.63, 3.8) is 0 Å². The standard InChI is InChI=1S/C60H39N7/c1-6-19-40(20-7-1)41-33-35-47(36-34-41)65-52-32-17-16-31-49(52)50-38-51-54(39-53(50)65)66(60-55(51)67(46-28-14-5-15-29-46)59(64-60)44-25-12-4-13-26-44)48-30-18-27-45(37-48)58-62-56(42-21-8-2-9-22-42)61-57(63-58)43-23-10-3-11-24-43/h1-39H. The van der Waals surface area contributed by atoms with Gasteiger partial charge in [-0.1, -0.05) is 182 Å². The van der Waals surface area contributed by atoms with Crippen molar-refractivity contribution in [3.05, 3.63) is 237 Å². The molecule has 314 valence electrons. The van der Waals surface area contributed by atoms with Gasteiger partial charge in [-0.15, -0.1) is 0 Å². The second kappa shape index (κ2) is 15.8. The minimum atomic E-state index is 0.587. The molecule has 0 saturated carbocycles. The fourth-order valence-electron chi connectivity index (χ4n) is 9.60. The SMILES string of the molecule is c1ccc(-c2ccc(-n3c4ccccc4c4cc5c6c(nc(-c7ccccc7)n6-c6ccccc6)n(-c6cccc(-c7nc(-c8ccccc8)nc(-c8ccccc8)n7)c6)c5cc43)cc2)cc1. The molecule has 13 aromatic rings. The summed E-state index contributed by atoms with van der Waals surface area (Å²) in [7, 11) is 0. The van der Waals surface area contributed by atoms with Crippen LogP contribution < -0.4 is 0 Å². The molecule has 0 aliphatic rings. The van der Waals surface area contributed by atoms with Crippen molar-refractivity contribution in [1.82, 2.24) is 33.6 Å². The first kappa shape index (κ1) is 38.3.